The minimum atomic E-state index is -0.154. The second kappa shape index (κ2) is 6.05. The smallest absolute Gasteiger partial charge is 0.255 e. The summed E-state index contributed by atoms with van der Waals surface area (Å²) in [6.45, 7) is 3.85. The molecule has 0 aliphatic carbocycles. The Kier molecular flexibility index (Phi) is 4.39. The molecule has 2 N–H and O–H groups in total. The van der Waals surface area contributed by atoms with Crippen molar-refractivity contribution in [1.82, 2.24) is 4.98 Å². The van der Waals surface area contributed by atoms with Crippen molar-refractivity contribution in [3.8, 4) is 0 Å². The summed E-state index contributed by atoms with van der Waals surface area (Å²) in [6, 6.07) is 9.32. The molecule has 2 aromatic rings. The highest BCUT2D eigenvalue weighted by Crippen LogP contribution is 2.24. The number of carbonyl (C=O) groups is 1. The van der Waals surface area contributed by atoms with Crippen molar-refractivity contribution in [3.05, 3.63) is 51.6 Å². The zero-order valence-corrected chi connectivity index (χ0v) is 13.2. The van der Waals surface area contributed by atoms with Gasteiger partial charge in [-0.3, -0.25) is 4.79 Å². The molecule has 104 valence electrons. The van der Waals surface area contributed by atoms with Crippen LogP contribution in [0.25, 0.3) is 0 Å². The van der Waals surface area contributed by atoms with Gasteiger partial charge in [0.05, 0.1) is 5.69 Å². The highest BCUT2D eigenvalue weighted by atomic mass is 79.9. The van der Waals surface area contributed by atoms with E-state index in [0.29, 0.717) is 11.4 Å². The molecule has 2 rings (SSSR count). The van der Waals surface area contributed by atoms with E-state index in [2.05, 4.69) is 31.5 Å². The number of hydrogen-bond donors (Lipinski definition) is 2. The second-order valence-electron chi connectivity index (χ2n) is 4.57. The number of aryl methyl sites for hydroxylation is 2. The summed E-state index contributed by atoms with van der Waals surface area (Å²) in [5.41, 5.74) is 3.22. The molecule has 0 saturated heterocycles. The Balaban J connectivity index is 2.28. The van der Waals surface area contributed by atoms with E-state index in [9.17, 15) is 4.79 Å². The molecule has 0 atom stereocenters. The van der Waals surface area contributed by atoms with Crippen molar-refractivity contribution < 1.29 is 4.79 Å². The highest BCUT2D eigenvalue weighted by molar-refractivity contribution is 9.10. The summed E-state index contributed by atoms with van der Waals surface area (Å²) >= 11 is 3.43. The summed E-state index contributed by atoms with van der Waals surface area (Å²) in [5.74, 6) is 0.525. The molecule has 0 radical (unpaired) electrons. The van der Waals surface area contributed by atoms with Gasteiger partial charge in [0.1, 0.15) is 5.82 Å². The topological polar surface area (TPSA) is 54.0 Å². The summed E-state index contributed by atoms with van der Waals surface area (Å²) < 4.78 is 0.857. The van der Waals surface area contributed by atoms with Gasteiger partial charge < -0.3 is 10.6 Å². The van der Waals surface area contributed by atoms with Crippen molar-refractivity contribution in [2.24, 2.45) is 0 Å². The van der Waals surface area contributed by atoms with Gasteiger partial charge in [-0.15, -0.1) is 0 Å². The van der Waals surface area contributed by atoms with E-state index in [0.717, 1.165) is 21.4 Å². The van der Waals surface area contributed by atoms with E-state index >= 15 is 0 Å². The lowest BCUT2D eigenvalue weighted by Gasteiger charge is -2.10. The van der Waals surface area contributed by atoms with Crippen LogP contribution in [0.3, 0.4) is 0 Å². The van der Waals surface area contributed by atoms with Gasteiger partial charge in [-0.05, 0) is 59.6 Å². The predicted molar refractivity (Wildman–Crippen MR) is 85.4 cm³/mol. The van der Waals surface area contributed by atoms with E-state index in [-0.39, 0.29) is 5.91 Å². The molecule has 1 amide bonds. The summed E-state index contributed by atoms with van der Waals surface area (Å²) in [5, 5.41) is 5.85. The van der Waals surface area contributed by atoms with Crippen LogP contribution in [-0.2, 0) is 0 Å². The molecule has 1 aromatic heterocycles. The largest absolute Gasteiger partial charge is 0.373 e. The third-order valence-electron chi connectivity index (χ3n) is 2.84. The van der Waals surface area contributed by atoms with Gasteiger partial charge in [0.25, 0.3) is 5.91 Å². The van der Waals surface area contributed by atoms with Crippen LogP contribution in [-0.4, -0.2) is 17.9 Å². The van der Waals surface area contributed by atoms with Crippen LogP contribution in [0.2, 0.25) is 0 Å². The summed E-state index contributed by atoms with van der Waals surface area (Å²) in [6.07, 6.45) is 0. The maximum atomic E-state index is 12.3. The van der Waals surface area contributed by atoms with Crippen molar-refractivity contribution in [3.63, 3.8) is 0 Å². The van der Waals surface area contributed by atoms with Gasteiger partial charge in [0.2, 0.25) is 0 Å². The van der Waals surface area contributed by atoms with Crippen molar-refractivity contribution in [1.29, 1.82) is 0 Å². The van der Waals surface area contributed by atoms with Gasteiger partial charge in [0.15, 0.2) is 0 Å². The SMILES string of the molecule is CNc1cc(C(=O)Nc2cc(C)ccc2Br)cc(C)n1. The first kappa shape index (κ1) is 14.5. The van der Waals surface area contributed by atoms with Crippen LogP contribution < -0.4 is 10.6 Å². The molecule has 0 aliphatic heterocycles. The van der Waals surface area contributed by atoms with Gasteiger partial charge in [-0.25, -0.2) is 4.98 Å². The number of hydrogen-bond acceptors (Lipinski definition) is 3. The third kappa shape index (κ3) is 3.36. The molecular weight excluding hydrogens is 318 g/mol. The molecule has 1 aromatic carbocycles. The molecule has 0 spiro atoms. The normalized spacial score (nSPS) is 10.2. The van der Waals surface area contributed by atoms with Crippen LogP contribution in [0.5, 0.6) is 0 Å². The Morgan fingerprint density at radius 2 is 1.95 bits per heavy atom. The lowest BCUT2D eigenvalue weighted by molar-refractivity contribution is 0.102. The van der Waals surface area contributed by atoms with E-state index in [4.69, 9.17) is 0 Å². The number of nitrogens with zero attached hydrogens (tertiary/aromatic N) is 1. The molecule has 0 unspecified atom stereocenters. The maximum absolute atomic E-state index is 12.3. The van der Waals surface area contributed by atoms with E-state index in [1.54, 1.807) is 19.2 Å². The predicted octanol–water partition coefficient (Wildman–Crippen LogP) is 3.75. The van der Waals surface area contributed by atoms with Crippen molar-refractivity contribution >= 4 is 33.3 Å². The zero-order valence-electron chi connectivity index (χ0n) is 11.6. The molecule has 0 aliphatic rings. The first-order valence-electron chi connectivity index (χ1n) is 6.23. The molecule has 0 bridgehead atoms. The lowest BCUT2D eigenvalue weighted by Crippen LogP contribution is -2.13. The average Bonchev–Trinajstić information content (AvgIpc) is 2.42. The van der Waals surface area contributed by atoms with Gasteiger partial charge in [0, 0.05) is 22.8 Å². The zero-order chi connectivity index (χ0) is 14.7. The monoisotopic (exact) mass is 333 g/mol. The highest BCUT2D eigenvalue weighted by Gasteiger charge is 2.10. The molecule has 0 saturated carbocycles. The molecule has 0 fully saturated rings. The number of anilines is 2. The Bertz CT molecular complexity index is 656. The number of pyridine rings is 1. The molecule has 1 heterocycles. The number of benzene rings is 1. The number of amides is 1. The molecular formula is C15H16BrN3O. The Labute approximate surface area is 126 Å². The third-order valence-corrected chi connectivity index (χ3v) is 3.53. The lowest BCUT2D eigenvalue weighted by atomic mass is 10.2. The van der Waals surface area contributed by atoms with Crippen LogP contribution >= 0.6 is 15.9 Å². The first-order chi connectivity index (χ1) is 9.49. The van der Waals surface area contributed by atoms with Crippen molar-refractivity contribution in [2.75, 3.05) is 17.7 Å². The minimum absolute atomic E-state index is 0.154. The number of halogens is 1. The fraction of sp³-hybridized carbons (Fsp3) is 0.200. The quantitative estimate of drug-likeness (QED) is 0.899. The Morgan fingerprint density at radius 1 is 1.20 bits per heavy atom. The summed E-state index contributed by atoms with van der Waals surface area (Å²) in [4.78, 5) is 16.6. The molecule has 4 nitrogen and oxygen atoms in total. The van der Waals surface area contributed by atoms with Crippen LogP contribution in [0.1, 0.15) is 21.6 Å². The van der Waals surface area contributed by atoms with E-state index < -0.39 is 0 Å². The van der Waals surface area contributed by atoms with Crippen LogP contribution in [0, 0.1) is 13.8 Å². The Morgan fingerprint density at radius 3 is 2.65 bits per heavy atom. The number of carbonyl (C=O) groups excluding carboxylic acids is 1. The average molecular weight is 334 g/mol. The molecule has 5 heteroatoms. The second-order valence-corrected chi connectivity index (χ2v) is 5.42. The summed E-state index contributed by atoms with van der Waals surface area (Å²) in [7, 11) is 1.78. The number of rotatable bonds is 3. The van der Waals surface area contributed by atoms with Gasteiger partial charge in [-0.1, -0.05) is 6.07 Å². The van der Waals surface area contributed by atoms with Crippen LogP contribution in [0.4, 0.5) is 11.5 Å². The number of aromatic nitrogens is 1. The molecule has 20 heavy (non-hydrogen) atoms. The Hall–Kier alpha value is -1.88. The van der Waals surface area contributed by atoms with E-state index in [1.807, 2.05) is 32.0 Å². The van der Waals surface area contributed by atoms with E-state index in [1.165, 1.54) is 0 Å². The minimum Gasteiger partial charge on any atom is -0.373 e. The standard InChI is InChI=1S/C15H16BrN3O/c1-9-4-5-12(16)13(6-9)19-15(20)11-7-10(2)18-14(8-11)17-3/h4-8H,1-3H3,(H,17,18)(H,19,20). The fourth-order valence-electron chi connectivity index (χ4n) is 1.86. The van der Waals surface area contributed by atoms with Crippen molar-refractivity contribution in [2.45, 2.75) is 13.8 Å². The van der Waals surface area contributed by atoms with Gasteiger partial charge in [-0.2, -0.15) is 0 Å². The fourth-order valence-corrected chi connectivity index (χ4v) is 2.20. The first-order valence-corrected chi connectivity index (χ1v) is 7.03. The number of nitrogens with one attached hydrogen (secondary N) is 2. The van der Waals surface area contributed by atoms with Crippen LogP contribution in [0.15, 0.2) is 34.8 Å². The maximum Gasteiger partial charge on any atom is 0.255 e. The van der Waals surface area contributed by atoms with Gasteiger partial charge >= 0.3 is 0 Å².